The Hall–Kier alpha value is -2.09. The van der Waals surface area contributed by atoms with Crippen LogP contribution >= 0.6 is 0 Å². The lowest BCUT2D eigenvalue weighted by Gasteiger charge is -2.08. The van der Waals surface area contributed by atoms with E-state index in [1.807, 2.05) is 0 Å². The molecule has 0 aromatic carbocycles. The van der Waals surface area contributed by atoms with Crippen LogP contribution in [-0.2, 0) is 18.4 Å². The Bertz CT molecular complexity index is 403. The quantitative estimate of drug-likeness (QED) is 0.510. The number of carbonyl (C=O) groups excluding carboxylic acids is 1. The second-order valence-corrected chi connectivity index (χ2v) is 3.40. The smallest absolute Gasteiger partial charge is 0.334 e. The van der Waals surface area contributed by atoms with Crippen molar-refractivity contribution in [1.82, 2.24) is 20.4 Å². The van der Waals surface area contributed by atoms with Crippen molar-refractivity contribution in [2.45, 2.75) is 12.6 Å². The molecule has 0 radical (unpaired) electrons. The van der Waals surface area contributed by atoms with Gasteiger partial charge in [-0.25, -0.2) is 9.59 Å². The molecule has 1 heterocycles. The Balaban J connectivity index is 2.24. The van der Waals surface area contributed by atoms with Gasteiger partial charge in [-0.15, -0.1) is 0 Å². The number of hydrogen-bond acceptors (Lipinski definition) is 4. The summed E-state index contributed by atoms with van der Waals surface area (Å²) < 4.78 is 1.60. The van der Waals surface area contributed by atoms with Crippen LogP contribution < -0.4 is 10.6 Å². The number of nitrogens with one attached hydrogen (secondary N) is 2. The molecule has 0 saturated carbocycles. The van der Waals surface area contributed by atoms with Crippen LogP contribution in [0.3, 0.4) is 0 Å². The predicted molar refractivity (Wildman–Crippen MR) is 57.1 cm³/mol. The van der Waals surface area contributed by atoms with Gasteiger partial charge in [0.1, 0.15) is 0 Å². The molecular formula is C9H14N4O4. The van der Waals surface area contributed by atoms with Crippen molar-refractivity contribution in [3.05, 3.63) is 18.0 Å². The van der Waals surface area contributed by atoms with E-state index >= 15 is 0 Å². The molecule has 17 heavy (non-hydrogen) atoms. The summed E-state index contributed by atoms with van der Waals surface area (Å²) in [5.74, 6) is -1.38. The SMILES string of the molecule is Cn1ccc(CNC(=O)NC[C@H](O)C(=O)O)n1. The first kappa shape index (κ1) is 13.0. The predicted octanol–water partition coefficient (Wildman–Crippen LogP) is -1.34. The van der Waals surface area contributed by atoms with Gasteiger partial charge in [0.05, 0.1) is 18.8 Å². The number of urea groups is 1. The molecule has 1 aromatic rings. The fraction of sp³-hybridized carbons (Fsp3) is 0.444. The summed E-state index contributed by atoms with van der Waals surface area (Å²) in [7, 11) is 1.76. The van der Waals surface area contributed by atoms with E-state index in [1.54, 1.807) is 24.0 Å². The largest absolute Gasteiger partial charge is 0.479 e. The minimum atomic E-state index is -1.60. The molecule has 0 spiro atoms. The summed E-state index contributed by atoms with van der Waals surface area (Å²) in [4.78, 5) is 21.4. The van der Waals surface area contributed by atoms with Crippen molar-refractivity contribution in [2.75, 3.05) is 6.54 Å². The summed E-state index contributed by atoms with van der Waals surface area (Å²) in [6.07, 6.45) is 0.138. The highest BCUT2D eigenvalue weighted by Crippen LogP contribution is 1.92. The number of aliphatic hydroxyl groups excluding tert-OH is 1. The molecule has 8 heteroatoms. The minimum absolute atomic E-state index is 0.232. The molecular weight excluding hydrogens is 228 g/mol. The van der Waals surface area contributed by atoms with Gasteiger partial charge in [-0.2, -0.15) is 5.10 Å². The van der Waals surface area contributed by atoms with Crippen molar-refractivity contribution in [2.24, 2.45) is 7.05 Å². The number of carboxylic acid groups (broad SMARTS) is 1. The number of hydrogen-bond donors (Lipinski definition) is 4. The van der Waals surface area contributed by atoms with E-state index in [4.69, 9.17) is 10.2 Å². The first-order valence-corrected chi connectivity index (χ1v) is 4.90. The average Bonchev–Trinajstić information content (AvgIpc) is 2.69. The molecule has 1 aromatic heterocycles. The number of rotatable bonds is 5. The number of carbonyl (C=O) groups is 2. The third-order valence-corrected chi connectivity index (χ3v) is 1.94. The molecule has 0 aliphatic heterocycles. The van der Waals surface area contributed by atoms with E-state index in [0.29, 0.717) is 5.69 Å². The van der Waals surface area contributed by atoms with Crippen LogP contribution in [0.25, 0.3) is 0 Å². The van der Waals surface area contributed by atoms with E-state index < -0.39 is 18.1 Å². The number of aromatic nitrogens is 2. The maximum Gasteiger partial charge on any atom is 0.334 e. The summed E-state index contributed by atoms with van der Waals surface area (Å²) in [5, 5.41) is 26.0. The fourth-order valence-corrected chi connectivity index (χ4v) is 1.07. The Kier molecular flexibility index (Phi) is 4.46. The topological polar surface area (TPSA) is 116 Å². The van der Waals surface area contributed by atoms with Gasteiger partial charge >= 0.3 is 12.0 Å². The van der Waals surface area contributed by atoms with Crippen molar-refractivity contribution in [1.29, 1.82) is 0 Å². The number of aryl methyl sites for hydroxylation is 1. The van der Waals surface area contributed by atoms with Gasteiger partial charge in [-0.05, 0) is 6.07 Å². The van der Waals surface area contributed by atoms with Crippen LogP contribution in [0.15, 0.2) is 12.3 Å². The third-order valence-electron chi connectivity index (χ3n) is 1.94. The van der Waals surface area contributed by atoms with Crippen molar-refractivity contribution in [3.63, 3.8) is 0 Å². The highest BCUT2D eigenvalue weighted by atomic mass is 16.4. The van der Waals surface area contributed by atoms with E-state index in [-0.39, 0.29) is 13.1 Å². The number of aliphatic hydroxyl groups is 1. The number of amides is 2. The van der Waals surface area contributed by atoms with Crippen LogP contribution in [-0.4, -0.2) is 44.6 Å². The van der Waals surface area contributed by atoms with Gasteiger partial charge in [0.2, 0.25) is 0 Å². The molecule has 94 valence electrons. The second kappa shape index (κ2) is 5.85. The Morgan fingerprint density at radius 3 is 2.76 bits per heavy atom. The molecule has 0 saturated heterocycles. The molecule has 0 unspecified atom stereocenters. The van der Waals surface area contributed by atoms with Crippen molar-refractivity contribution in [3.8, 4) is 0 Å². The van der Waals surface area contributed by atoms with E-state index in [1.165, 1.54) is 0 Å². The normalized spacial score (nSPS) is 11.9. The van der Waals surface area contributed by atoms with E-state index in [0.717, 1.165) is 0 Å². The molecule has 0 fully saturated rings. The third kappa shape index (κ3) is 4.51. The minimum Gasteiger partial charge on any atom is -0.479 e. The lowest BCUT2D eigenvalue weighted by Crippen LogP contribution is -2.41. The molecule has 0 bridgehead atoms. The van der Waals surface area contributed by atoms with E-state index in [2.05, 4.69) is 15.7 Å². The highest BCUT2D eigenvalue weighted by molar-refractivity contribution is 5.76. The van der Waals surface area contributed by atoms with Crippen molar-refractivity contribution < 1.29 is 19.8 Å². The van der Waals surface area contributed by atoms with Gasteiger partial charge in [0.25, 0.3) is 0 Å². The molecule has 1 atom stereocenters. The van der Waals surface area contributed by atoms with E-state index in [9.17, 15) is 9.59 Å². The van der Waals surface area contributed by atoms with Crippen LogP contribution in [0.2, 0.25) is 0 Å². The summed E-state index contributed by atoms with van der Waals surface area (Å²) in [6.45, 7) is -0.112. The van der Waals surface area contributed by atoms with Crippen molar-refractivity contribution >= 4 is 12.0 Å². The zero-order valence-electron chi connectivity index (χ0n) is 9.25. The molecule has 2 amide bonds. The summed E-state index contributed by atoms with van der Waals surface area (Å²) in [5.41, 5.74) is 0.682. The lowest BCUT2D eigenvalue weighted by molar-refractivity contribution is -0.146. The number of nitrogens with zero attached hydrogens (tertiary/aromatic N) is 2. The standard InChI is InChI=1S/C9H14N4O4/c1-13-3-2-6(12-13)4-10-9(17)11-5-7(14)8(15)16/h2-3,7,14H,4-5H2,1H3,(H,15,16)(H2,10,11,17)/t7-/m0/s1. The fourth-order valence-electron chi connectivity index (χ4n) is 1.07. The Labute approximate surface area is 97.2 Å². The van der Waals surface area contributed by atoms with Crippen LogP contribution in [0.1, 0.15) is 5.69 Å². The highest BCUT2D eigenvalue weighted by Gasteiger charge is 2.13. The van der Waals surface area contributed by atoms with Crippen LogP contribution in [0, 0.1) is 0 Å². The van der Waals surface area contributed by atoms with Gasteiger partial charge in [-0.1, -0.05) is 0 Å². The van der Waals surface area contributed by atoms with Crippen LogP contribution in [0.4, 0.5) is 4.79 Å². The second-order valence-electron chi connectivity index (χ2n) is 3.40. The Morgan fingerprint density at radius 1 is 1.53 bits per heavy atom. The first-order valence-electron chi connectivity index (χ1n) is 4.90. The summed E-state index contributed by atoms with van der Waals surface area (Å²) >= 11 is 0. The average molecular weight is 242 g/mol. The maximum atomic E-state index is 11.2. The molecule has 0 aliphatic carbocycles. The monoisotopic (exact) mass is 242 g/mol. The summed E-state index contributed by atoms with van der Waals surface area (Å²) in [6, 6.07) is 1.18. The molecule has 4 N–H and O–H groups in total. The van der Waals surface area contributed by atoms with Gasteiger partial charge < -0.3 is 20.8 Å². The van der Waals surface area contributed by atoms with Gasteiger partial charge in [0, 0.05) is 13.2 Å². The Morgan fingerprint density at radius 2 is 2.24 bits per heavy atom. The lowest BCUT2D eigenvalue weighted by atomic mass is 10.3. The first-order chi connectivity index (χ1) is 7.99. The number of aliphatic carboxylic acids is 1. The zero-order chi connectivity index (χ0) is 12.8. The van der Waals surface area contributed by atoms with Gasteiger partial charge in [0.15, 0.2) is 6.10 Å². The zero-order valence-corrected chi connectivity index (χ0v) is 9.25. The van der Waals surface area contributed by atoms with Gasteiger partial charge in [-0.3, -0.25) is 4.68 Å². The molecule has 1 rings (SSSR count). The molecule has 0 aliphatic rings. The molecule has 8 nitrogen and oxygen atoms in total. The van der Waals surface area contributed by atoms with Crippen LogP contribution in [0.5, 0.6) is 0 Å². The number of carboxylic acids is 1. The maximum absolute atomic E-state index is 11.2.